The van der Waals surface area contributed by atoms with E-state index in [0.29, 0.717) is 0 Å². The van der Waals surface area contributed by atoms with Crippen molar-refractivity contribution in [1.82, 2.24) is 0 Å². The highest BCUT2D eigenvalue weighted by Crippen LogP contribution is 2.39. The average molecular weight is 783 g/mol. The van der Waals surface area contributed by atoms with Gasteiger partial charge in [0.15, 0.2) is 0 Å². The summed E-state index contributed by atoms with van der Waals surface area (Å²) in [4.78, 5) is 0. The highest BCUT2D eigenvalue weighted by molar-refractivity contribution is 7.35. The lowest BCUT2D eigenvalue weighted by atomic mass is 9.83. The van der Waals surface area contributed by atoms with Gasteiger partial charge in [0, 0.05) is 0 Å². The quantitative estimate of drug-likeness (QED) is 0.123. The minimum atomic E-state index is -1.92. The Labute approximate surface area is 273 Å². The molecule has 0 N–H and O–H groups in total. The van der Waals surface area contributed by atoms with E-state index in [2.05, 4.69) is 40.7 Å². The predicted octanol–water partition coefficient (Wildman–Crippen LogP) is 9.84. The van der Waals surface area contributed by atoms with Crippen molar-refractivity contribution in [3.63, 3.8) is 0 Å². The molecule has 0 aliphatic carbocycles. The first-order chi connectivity index (χ1) is 16.6. The van der Waals surface area contributed by atoms with E-state index in [1.165, 1.54) is 27.8 Å². The molecule has 0 heterocycles. The smallest absolute Gasteiger partial charge is 0.150 e. The summed E-state index contributed by atoms with van der Waals surface area (Å²) in [7, 11) is -9.49. The lowest BCUT2D eigenvalue weighted by Gasteiger charge is -2.29. The first-order valence-corrected chi connectivity index (χ1v) is 32.9. The Hall–Kier alpha value is 3.20. The molecule has 5 atom stereocenters. The van der Waals surface area contributed by atoms with Gasteiger partial charge in [-0.2, -0.15) is 111 Å². The highest BCUT2D eigenvalue weighted by Gasteiger charge is 2.29. The second-order valence-electron chi connectivity index (χ2n) is 10.2. The predicted molar refractivity (Wildman–Crippen MR) is 186 cm³/mol. The van der Waals surface area contributed by atoms with Crippen LogP contribution >= 0.6 is 111 Å². The summed E-state index contributed by atoms with van der Waals surface area (Å²) in [6.45, 7) is 10.7. The van der Waals surface area contributed by atoms with Crippen molar-refractivity contribution in [3.8, 4) is 0 Å². The molecule has 0 saturated carbocycles. The molecule has 0 bridgehead atoms. The summed E-state index contributed by atoms with van der Waals surface area (Å²) < 4.78 is 0. The van der Waals surface area contributed by atoms with Crippen LogP contribution in [0.5, 0.6) is 0 Å². The Balaban J connectivity index is 3.96. The Morgan fingerprint density at radius 2 is 0.639 bits per heavy atom. The SMILES string of the molecule is CC(Cc1cc(CC(C)[SiH](Cl)Cl)c(CC(C)[SiH](Cl)Cl)c(CC(C)[SiH](Cl)Cl)c1CC(C)[SiH](Cl)Cl)[SiH](Cl)Cl. The molecule has 0 aliphatic heterocycles. The molecule has 0 nitrogen and oxygen atoms in total. The Bertz CT molecular complexity index is 758. The van der Waals surface area contributed by atoms with Crippen molar-refractivity contribution in [1.29, 1.82) is 0 Å². The number of benzene rings is 1. The molecule has 210 valence electrons. The fourth-order valence-electron chi connectivity index (χ4n) is 4.18. The van der Waals surface area contributed by atoms with Crippen LogP contribution in [-0.2, 0) is 32.1 Å². The van der Waals surface area contributed by atoms with Crippen LogP contribution in [0.2, 0.25) is 27.7 Å². The van der Waals surface area contributed by atoms with E-state index in [0.717, 1.165) is 32.1 Å². The zero-order valence-electron chi connectivity index (χ0n) is 21.2. The van der Waals surface area contributed by atoms with Gasteiger partial charge in [0.2, 0.25) is 37.1 Å². The number of hydrogen-bond acceptors (Lipinski definition) is 0. The lowest BCUT2D eigenvalue weighted by molar-refractivity contribution is 0.773. The monoisotopic (exact) mass is 778 g/mol. The fourth-order valence-corrected chi connectivity index (χ4v) is 8.96. The Kier molecular flexibility index (Phi) is 18.6. The molecule has 0 amide bonds. The minimum absolute atomic E-state index is 0.181. The minimum Gasteiger partial charge on any atom is -0.150 e. The van der Waals surface area contributed by atoms with Crippen molar-refractivity contribution in [2.24, 2.45) is 0 Å². The van der Waals surface area contributed by atoms with Gasteiger partial charge >= 0.3 is 0 Å². The third-order valence-electron chi connectivity index (χ3n) is 6.67. The third-order valence-corrected chi connectivity index (χ3v) is 25.0. The molecule has 0 fully saturated rings. The van der Waals surface area contributed by atoms with Gasteiger partial charge in [-0.3, -0.25) is 0 Å². The Morgan fingerprint density at radius 3 is 0.889 bits per heavy atom. The molecule has 15 heteroatoms. The van der Waals surface area contributed by atoms with Gasteiger partial charge < -0.3 is 0 Å². The average Bonchev–Trinajstić information content (AvgIpc) is 2.77. The summed E-state index contributed by atoms with van der Waals surface area (Å²) in [5, 5.41) is 0. The van der Waals surface area contributed by atoms with Crippen molar-refractivity contribution in [2.45, 2.75) is 94.4 Å². The topological polar surface area (TPSA) is 0 Å². The van der Waals surface area contributed by atoms with Crippen LogP contribution in [0.3, 0.4) is 0 Å². The van der Waals surface area contributed by atoms with Gasteiger partial charge in [-0.25, -0.2) is 0 Å². The van der Waals surface area contributed by atoms with Crippen LogP contribution < -0.4 is 0 Å². The molecule has 1 aromatic rings. The summed E-state index contributed by atoms with van der Waals surface area (Å²) in [5.41, 5.74) is 7.36. The van der Waals surface area contributed by atoms with Crippen LogP contribution in [0.25, 0.3) is 0 Å². The summed E-state index contributed by atoms with van der Waals surface area (Å²) >= 11 is 64.7. The molecular formula is C21H36Cl10Si5. The molecule has 1 aromatic carbocycles. The van der Waals surface area contributed by atoms with Gasteiger partial charge in [-0.15, -0.1) is 0 Å². The van der Waals surface area contributed by atoms with Crippen LogP contribution in [0.15, 0.2) is 6.07 Å². The van der Waals surface area contributed by atoms with E-state index in [1.54, 1.807) is 0 Å². The zero-order valence-corrected chi connectivity index (χ0v) is 34.5. The van der Waals surface area contributed by atoms with E-state index in [1.807, 2.05) is 0 Å². The number of hydrogen-bond donors (Lipinski definition) is 0. The summed E-state index contributed by atoms with van der Waals surface area (Å²) in [6.07, 6.45) is 3.98. The van der Waals surface area contributed by atoms with Gasteiger partial charge in [0.25, 0.3) is 0 Å². The first-order valence-electron chi connectivity index (χ1n) is 12.1. The van der Waals surface area contributed by atoms with Crippen molar-refractivity contribution in [3.05, 3.63) is 33.9 Å². The molecule has 5 unspecified atom stereocenters. The maximum atomic E-state index is 6.50. The van der Waals surface area contributed by atoms with Crippen LogP contribution in [-0.4, -0.2) is 37.1 Å². The summed E-state index contributed by atoms with van der Waals surface area (Å²) in [6, 6.07) is 2.33. The van der Waals surface area contributed by atoms with Crippen LogP contribution in [0.4, 0.5) is 0 Å². The highest BCUT2D eigenvalue weighted by atomic mass is 35.7. The summed E-state index contributed by atoms with van der Waals surface area (Å²) in [5.74, 6) is 0. The lowest BCUT2D eigenvalue weighted by Crippen LogP contribution is -2.20. The molecule has 0 radical (unpaired) electrons. The molecule has 0 spiro atoms. The molecule has 1 rings (SSSR count). The van der Waals surface area contributed by atoms with Gasteiger partial charge in [-0.05, 0) is 87.6 Å². The van der Waals surface area contributed by atoms with Crippen molar-refractivity contribution < 1.29 is 0 Å². The van der Waals surface area contributed by atoms with E-state index in [9.17, 15) is 0 Å². The third kappa shape index (κ3) is 12.2. The molecule has 0 saturated heterocycles. The van der Waals surface area contributed by atoms with E-state index in [4.69, 9.17) is 111 Å². The standard InChI is InChI=1S/C21H36Cl10Si5/c1-12(32(22)23)6-17-11-18(7-13(2)33(24)25)20(9-15(4)35(28)29)21(10-16(5)36(30)31)19(17)8-14(3)34(26)27/h11-16,32-36H,6-10H2,1-5H3. The normalized spacial score (nSPS) is 16.9. The van der Waals surface area contributed by atoms with E-state index < -0.39 is 37.1 Å². The van der Waals surface area contributed by atoms with Crippen molar-refractivity contribution in [2.75, 3.05) is 0 Å². The van der Waals surface area contributed by atoms with E-state index >= 15 is 0 Å². The van der Waals surface area contributed by atoms with Crippen LogP contribution in [0.1, 0.15) is 62.4 Å². The molecular weight excluding hydrogens is 747 g/mol. The molecule has 0 aromatic heterocycles. The zero-order chi connectivity index (χ0) is 27.9. The maximum Gasteiger partial charge on any atom is 0.240 e. The maximum absolute atomic E-state index is 6.50. The largest absolute Gasteiger partial charge is 0.240 e. The molecule has 0 aliphatic rings. The number of halogens is 10. The number of rotatable bonds is 15. The fraction of sp³-hybridized carbons (Fsp3) is 0.714. The van der Waals surface area contributed by atoms with Gasteiger partial charge in [-0.1, -0.05) is 40.7 Å². The van der Waals surface area contributed by atoms with Crippen LogP contribution in [0, 0.1) is 0 Å². The second-order valence-corrected chi connectivity index (χ2v) is 36.7. The molecule has 36 heavy (non-hydrogen) atoms. The second kappa shape index (κ2) is 18.0. The van der Waals surface area contributed by atoms with Gasteiger partial charge in [0.05, 0.1) is 0 Å². The Morgan fingerprint density at radius 1 is 0.417 bits per heavy atom. The van der Waals surface area contributed by atoms with E-state index in [-0.39, 0.29) is 27.7 Å². The van der Waals surface area contributed by atoms with Crippen molar-refractivity contribution >= 4 is 148 Å². The van der Waals surface area contributed by atoms with Gasteiger partial charge in [0.1, 0.15) is 0 Å². The first kappa shape index (κ1) is 37.2.